The molecule has 0 bridgehead atoms. The van der Waals surface area contributed by atoms with Gasteiger partial charge in [0, 0.05) is 17.9 Å². The van der Waals surface area contributed by atoms with Crippen LogP contribution in [0.25, 0.3) is 0 Å². The Morgan fingerprint density at radius 1 is 1.13 bits per heavy atom. The van der Waals surface area contributed by atoms with Crippen LogP contribution in [-0.2, 0) is 4.79 Å². The van der Waals surface area contributed by atoms with E-state index in [0.29, 0.717) is 36.0 Å². The number of hydrogen-bond donors (Lipinski definition) is 0. The van der Waals surface area contributed by atoms with Gasteiger partial charge < -0.3 is 9.47 Å². The zero-order valence-corrected chi connectivity index (χ0v) is 18.0. The van der Waals surface area contributed by atoms with Crippen LogP contribution in [0.2, 0.25) is 5.02 Å². The van der Waals surface area contributed by atoms with E-state index in [0.717, 1.165) is 24.2 Å². The highest BCUT2D eigenvalue weighted by Crippen LogP contribution is 2.46. The topological polar surface area (TPSA) is 59.3 Å². The van der Waals surface area contributed by atoms with Crippen LogP contribution in [0.1, 0.15) is 50.2 Å². The normalized spacial score (nSPS) is 14.6. The Labute approximate surface area is 182 Å². The first-order valence-corrected chi connectivity index (χ1v) is 10.3. The standard InChI is InChI=1S/C25H24ClNO3/c1-3-4-20(13-18(2)28)19-5-8-22(9-6-19)29-16-25(11-12-25)17-30-23-10-7-21(15-27)24(26)14-23/h5-10,14,20H,11-13,16-17H2,1-2H3. The Kier molecular flexibility index (Phi) is 7.03. The third kappa shape index (κ3) is 5.78. The first kappa shape index (κ1) is 21.8. The van der Waals surface area contributed by atoms with Crippen molar-refractivity contribution in [2.75, 3.05) is 13.2 Å². The summed E-state index contributed by atoms with van der Waals surface area (Å²) < 4.78 is 11.9. The number of nitrogens with zero attached hydrogens (tertiary/aromatic N) is 1. The van der Waals surface area contributed by atoms with Crippen molar-refractivity contribution in [1.82, 2.24) is 0 Å². The Balaban J connectivity index is 1.54. The second-order valence-corrected chi connectivity index (χ2v) is 8.16. The lowest BCUT2D eigenvalue weighted by atomic mass is 9.94. The molecular formula is C25H24ClNO3. The van der Waals surface area contributed by atoms with E-state index < -0.39 is 0 Å². The molecule has 2 aromatic carbocycles. The second-order valence-electron chi connectivity index (χ2n) is 7.75. The molecule has 0 N–H and O–H groups in total. The molecule has 1 aliphatic rings. The number of rotatable bonds is 9. The zero-order valence-electron chi connectivity index (χ0n) is 17.2. The molecule has 1 fully saturated rings. The third-order valence-electron chi connectivity index (χ3n) is 5.20. The summed E-state index contributed by atoms with van der Waals surface area (Å²) in [5.41, 5.74) is 1.46. The van der Waals surface area contributed by atoms with Crippen molar-refractivity contribution in [2.24, 2.45) is 5.41 Å². The van der Waals surface area contributed by atoms with Crippen molar-refractivity contribution in [1.29, 1.82) is 5.26 Å². The minimum absolute atomic E-state index is 0.00387. The molecule has 1 unspecified atom stereocenters. The molecule has 2 aromatic rings. The molecule has 0 saturated heterocycles. The Morgan fingerprint density at radius 2 is 1.77 bits per heavy atom. The van der Waals surface area contributed by atoms with Crippen LogP contribution >= 0.6 is 11.6 Å². The van der Waals surface area contributed by atoms with E-state index in [-0.39, 0.29) is 17.1 Å². The van der Waals surface area contributed by atoms with E-state index in [1.165, 1.54) is 0 Å². The number of carbonyl (C=O) groups is 1. The molecule has 4 nitrogen and oxygen atoms in total. The first-order valence-electron chi connectivity index (χ1n) is 9.92. The Morgan fingerprint density at radius 3 is 2.30 bits per heavy atom. The second kappa shape index (κ2) is 9.70. The van der Waals surface area contributed by atoms with Crippen molar-refractivity contribution in [3.63, 3.8) is 0 Å². The summed E-state index contributed by atoms with van der Waals surface area (Å²) in [7, 11) is 0. The highest BCUT2D eigenvalue weighted by atomic mass is 35.5. The number of Topliss-reactive ketones (excluding diaryl/α,β-unsaturated/α-hetero) is 1. The summed E-state index contributed by atoms with van der Waals surface area (Å²) in [6.45, 7) is 4.49. The van der Waals surface area contributed by atoms with E-state index in [1.807, 2.05) is 30.3 Å². The quantitative estimate of drug-likeness (QED) is 0.499. The van der Waals surface area contributed by atoms with Gasteiger partial charge in [0.2, 0.25) is 0 Å². The summed E-state index contributed by atoms with van der Waals surface area (Å²) in [6, 6.07) is 14.9. The first-order chi connectivity index (χ1) is 14.4. The van der Waals surface area contributed by atoms with Crippen molar-refractivity contribution >= 4 is 17.4 Å². The van der Waals surface area contributed by atoms with Crippen LogP contribution in [0.4, 0.5) is 0 Å². The zero-order chi connectivity index (χ0) is 21.6. The molecule has 0 heterocycles. The molecule has 1 saturated carbocycles. The fourth-order valence-corrected chi connectivity index (χ4v) is 3.38. The van der Waals surface area contributed by atoms with Crippen LogP contribution in [0.3, 0.4) is 0 Å². The summed E-state index contributed by atoms with van der Waals surface area (Å²) in [5.74, 6) is 7.50. The van der Waals surface area contributed by atoms with Crippen molar-refractivity contribution in [3.8, 4) is 29.4 Å². The van der Waals surface area contributed by atoms with E-state index in [2.05, 4.69) is 11.8 Å². The molecular weight excluding hydrogens is 398 g/mol. The molecule has 0 aliphatic heterocycles. The smallest absolute Gasteiger partial charge is 0.131 e. The number of ether oxygens (including phenoxy) is 2. The Bertz CT molecular complexity index is 1010. The summed E-state index contributed by atoms with van der Waals surface area (Å²) >= 11 is 6.06. The van der Waals surface area contributed by atoms with Gasteiger partial charge in [0.1, 0.15) is 23.4 Å². The van der Waals surface area contributed by atoms with Gasteiger partial charge >= 0.3 is 0 Å². The lowest BCUT2D eigenvalue weighted by Gasteiger charge is -2.18. The van der Waals surface area contributed by atoms with E-state index in [9.17, 15) is 4.79 Å². The van der Waals surface area contributed by atoms with E-state index in [4.69, 9.17) is 26.3 Å². The molecule has 154 valence electrons. The molecule has 0 aromatic heterocycles. The van der Waals surface area contributed by atoms with Crippen molar-refractivity contribution in [2.45, 2.75) is 39.0 Å². The Hall–Kier alpha value is -2.95. The maximum absolute atomic E-state index is 11.5. The van der Waals surface area contributed by atoms with Crippen LogP contribution in [0.5, 0.6) is 11.5 Å². The highest BCUT2D eigenvalue weighted by molar-refractivity contribution is 6.31. The number of halogens is 1. The third-order valence-corrected chi connectivity index (χ3v) is 5.51. The minimum Gasteiger partial charge on any atom is -0.493 e. The van der Waals surface area contributed by atoms with Crippen LogP contribution in [-0.4, -0.2) is 19.0 Å². The average Bonchev–Trinajstić information content (AvgIpc) is 3.51. The summed E-state index contributed by atoms with van der Waals surface area (Å²) in [4.78, 5) is 11.5. The molecule has 1 atom stereocenters. The van der Waals surface area contributed by atoms with Crippen molar-refractivity contribution in [3.05, 3.63) is 58.6 Å². The van der Waals surface area contributed by atoms with E-state index in [1.54, 1.807) is 32.0 Å². The average molecular weight is 422 g/mol. The van der Waals surface area contributed by atoms with Gasteiger partial charge in [0.15, 0.2) is 0 Å². The van der Waals surface area contributed by atoms with Crippen LogP contribution in [0.15, 0.2) is 42.5 Å². The molecule has 0 amide bonds. The number of hydrogen-bond acceptors (Lipinski definition) is 4. The summed E-state index contributed by atoms with van der Waals surface area (Å²) in [5, 5.41) is 9.35. The molecule has 5 heteroatoms. The number of ketones is 1. The lowest BCUT2D eigenvalue weighted by molar-refractivity contribution is -0.117. The molecule has 0 spiro atoms. The fourth-order valence-electron chi connectivity index (χ4n) is 3.17. The van der Waals surface area contributed by atoms with Gasteiger partial charge in [-0.25, -0.2) is 0 Å². The lowest BCUT2D eigenvalue weighted by Crippen LogP contribution is -2.21. The van der Waals surface area contributed by atoms with Gasteiger partial charge in [0.05, 0.1) is 29.7 Å². The molecule has 3 rings (SSSR count). The van der Waals surface area contributed by atoms with Gasteiger partial charge in [-0.05, 0) is 56.5 Å². The number of carbonyl (C=O) groups excluding carboxylic acids is 1. The number of benzene rings is 2. The number of nitriles is 1. The van der Waals surface area contributed by atoms with Gasteiger partial charge in [-0.1, -0.05) is 29.7 Å². The largest absolute Gasteiger partial charge is 0.493 e. The van der Waals surface area contributed by atoms with Gasteiger partial charge in [-0.2, -0.15) is 5.26 Å². The predicted molar refractivity (Wildman–Crippen MR) is 117 cm³/mol. The van der Waals surface area contributed by atoms with Crippen LogP contribution in [0, 0.1) is 28.6 Å². The molecule has 30 heavy (non-hydrogen) atoms. The highest BCUT2D eigenvalue weighted by Gasteiger charge is 2.44. The van der Waals surface area contributed by atoms with E-state index >= 15 is 0 Å². The summed E-state index contributed by atoms with van der Waals surface area (Å²) in [6.07, 6.45) is 2.50. The predicted octanol–water partition coefficient (Wildman–Crippen LogP) is 5.54. The maximum atomic E-state index is 11.5. The van der Waals surface area contributed by atoms with Gasteiger partial charge in [0.25, 0.3) is 0 Å². The molecule has 0 radical (unpaired) electrons. The van der Waals surface area contributed by atoms with Crippen molar-refractivity contribution < 1.29 is 14.3 Å². The van der Waals surface area contributed by atoms with Gasteiger partial charge in [-0.15, -0.1) is 5.92 Å². The fraction of sp³-hybridized carbons (Fsp3) is 0.360. The monoisotopic (exact) mass is 421 g/mol. The maximum Gasteiger partial charge on any atom is 0.131 e. The molecule has 1 aliphatic carbocycles. The van der Waals surface area contributed by atoms with Gasteiger partial charge in [-0.3, -0.25) is 4.79 Å². The van der Waals surface area contributed by atoms with Crippen LogP contribution < -0.4 is 9.47 Å². The SMILES string of the molecule is CC#CC(CC(C)=O)c1ccc(OCC2(COc3ccc(C#N)c(Cl)c3)CC2)cc1. The minimum atomic E-state index is -0.0797.